The Balaban J connectivity index is 1.67. The number of nitrogens with zero attached hydrogens (tertiary/aromatic N) is 1. The van der Waals surface area contributed by atoms with Crippen molar-refractivity contribution < 1.29 is 0 Å². The predicted molar refractivity (Wildman–Crippen MR) is 108 cm³/mol. The van der Waals surface area contributed by atoms with Crippen molar-refractivity contribution in [1.82, 2.24) is 10.3 Å². The zero-order valence-corrected chi connectivity index (χ0v) is 16.0. The van der Waals surface area contributed by atoms with Gasteiger partial charge in [0.15, 0.2) is 0 Å². The summed E-state index contributed by atoms with van der Waals surface area (Å²) in [6.45, 7) is 9.55. The molecule has 132 valence electrons. The predicted octanol–water partition coefficient (Wildman–Crippen LogP) is 5.19. The van der Waals surface area contributed by atoms with Gasteiger partial charge in [-0.25, -0.2) is 0 Å². The first-order chi connectivity index (χ1) is 11.9. The quantitative estimate of drug-likeness (QED) is 0.748. The monoisotopic (exact) mass is 355 g/mol. The Labute approximate surface area is 155 Å². The van der Waals surface area contributed by atoms with Gasteiger partial charge in [-0.1, -0.05) is 44.5 Å². The summed E-state index contributed by atoms with van der Waals surface area (Å²) in [7, 11) is 0. The number of allylic oxidation sites excluding steroid dienone is 1. The Kier molecular flexibility index (Phi) is 5.45. The highest BCUT2D eigenvalue weighted by Crippen LogP contribution is 2.26. The van der Waals surface area contributed by atoms with Crippen molar-refractivity contribution in [3.05, 3.63) is 58.8 Å². The molecule has 0 radical (unpaired) electrons. The highest BCUT2D eigenvalue weighted by molar-refractivity contribution is 6.31. The highest BCUT2D eigenvalue weighted by atomic mass is 35.5. The molecule has 0 amide bonds. The van der Waals surface area contributed by atoms with Crippen LogP contribution in [0.15, 0.2) is 53.8 Å². The van der Waals surface area contributed by atoms with Gasteiger partial charge in [-0.15, -0.1) is 0 Å². The Morgan fingerprint density at radius 1 is 1.16 bits per heavy atom. The van der Waals surface area contributed by atoms with Crippen LogP contribution in [0, 0.1) is 5.41 Å². The van der Waals surface area contributed by atoms with Gasteiger partial charge in [-0.3, -0.25) is 4.98 Å². The van der Waals surface area contributed by atoms with E-state index in [1.165, 1.54) is 11.1 Å². The van der Waals surface area contributed by atoms with E-state index in [0.717, 1.165) is 42.6 Å². The van der Waals surface area contributed by atoms with Crippen LogP contribution < -0.4 is 10.6 Å². The number of fused-ring (bicyclic) bond motifs is 1. The molecule has 1 aliphatic rings. The van der Waals surface area contributed by atoms with Crippen LogP contribution in [0.25, 0.3) is 10.9 Å². The maximum atomic E-state index is 6.07. The summed E-state index contributed by atoms with van der Waals surface area (Å²) in [5, 5.41) is 8.96. The summed E-state index contributed by atoms with van der Waals surface area (Å²) >= 11 is 6.07. The van der Waals surface area contributed by atoms with Crippen LogP contribution in [0.2, 0.25) is 5.02 Å². The number of anilines is 1. The summed E-state index contributed by atoms with van der Waals surface area (Å²) in [4.78, 5) is 4.40. The van der Waals surface area contributed by atoms with Gasteiger partial charge in [0, 0.05) is 41.9 Å². The first-order valence-corrected chi connectivity index (χ1v) is 9.16. The molecule has 3 rings (SSSR count). The minimum absolute atomic E-state index is 0.304. The van der Waals surface area contributed by atoms with Crippen molar-refractivity contribution in [3.8, 4) is 0 Å². The van der Waals surface area contributed by atoms with Crippen LogP contribution in [0.4, 0.5) is 5.69 Å². The molecule has 3 nitrogen and oxygen atoms in total. The molecule has 0 saturated heterocycles. The minimum atomic E-state index is 0.304. The van der Waals surface area contributed by atoms with Crippen LogP contribution in [0.3, 0.4) is 0 Å². The SMILES string of the molecule is CC(C)(C)CNCC1=C(CNc2ccnc3cc(Cl)ccc23)CC=C1. The smallest absolute Gasteiger partial charge is 0.0737 e. The topological polar surface area (TPSA) is 37.0 Å². The fraction of sp³-hybridized carbons (Fsp3) is 0.381. The lowest BCUT2D eigenvalue weighted by molar-refractivity contribution is 0.387. The Hall–Kier alpha value is -1.84. The normalized spacial score (nSPS) is 14.6. The molecular formula is C21H26ClN3. The molecule has 0 aliphatic heterocycles. The van der Waals surface area contributed by atoms with Crippen molar-refractivity contribution in [2.24, 2.45) is 5.41 Å². The van der Waals surface area contributed by atoms with E-state index in [-0.39, 0.29) is 0 Å². The van der Waals surface area contributed by atoms with E-state index in [0.29, 0.717) is 10.4 Å². The van der Waals surface area contributed by atoms with Crippen LogP contribution in [-0.2, 0) is 0 Å². The third-order valence-corrected chi connectivity index (χ3v) is 4.54. The van der Waals surface area contributed by atoms with Crippen molar-refractivity contribution >= 4 is 28.2 Å². The molecule has 25 heavy (non-hydrogen) atoms. The van der Waals surface area contributed by atoms with E-state index in [9.17, 15) is 0 Å². The standard InChI is InChI=1S/C21H26ClN3/c1-21(2,3)14-23-12-15-5-4-6-16(15)13-25-19-9-10-24-20-11-17(22)7-8-18(19)20/h4-5,7-11,23H,6,12-14H2,1-3H3,(H,24,25). The van der Waals surface area contributed by atoms with Crippen LogP contribution in [0.1, 0.15) is 27.2 Å². The number of nitrogens with one attached hydrogen (secondary N) is 2. The molecule has 1 aliphatic carbocycles. The molecule has 1 aromatic heterocycles. The molecule has 0 atom stereocenters. The van der Waals surface area contributed by atoms with Crippen molar-refractivity contribution in [2.75, 3.05) is 25.0 Å². The van der Waals surface area contributed by atoms with Gasteiger partial charge in [-0.05, 0) is 47.2 Å². The summed E-state index contributed by atoms with van der Waals surface area (Å²) in [6.07, 6.45) is 7.34. The van der Waals surface area contributed by atoms with Crippen molar-refractivity contribution in [1.29, 1.82) is 0 Å². The molecule has 0 fully saturated rings. The first-order valence-electron chi connectivity index (χ1n) is 8.79. The number of benzene rings is 1. The summed E-state index contributed by atoms with van der Waals surface area (Å²) in [6, 6.07) is 7.87. The molecule has 1 aromatic carbocycles. The van der Waals surface area contributed by atoms with Gasteiger partial charge >= 0.3 is 0 Å². The number of halogens is 1. The van der Waals surface area contributed by atoms with E-state index < -0.39 is 0 Å². The second-order valence-electron chi connectivity index (χ2n) is 7.77. The summed E-state index contributed by atoms with van der Waals surface area (Å²) in [5.74, 6) is 0. The van der Waals surface area contributed by atoms with Gasteiger partial charge in [0.2, 0.25) is 0 Å². The lowest BCUT2D eigenvalue weighted by atomic mass is 9.97. The fourth-order valence-electron chi connectivity index (χ4n) is 3.01. The molecule has 1 heterocycles. The van der Waals surface area contributed by atoms with Gasteiger partial charge in [-0.2, -0.15) is 0 Å². The largest absolute Gasteiger partial charge is 0.381 e. The maximum absolute atomic E-state index is 6.07. The van der Waals surface area contributed by atoms with Crippen LogP contribution >= 0.6 is 11.6 Å². The molecule has 2 aromatic rings. The van der Waals surface area contributed by atoms with Gasteiger partial charge < -0.3 is 10.6 Å². The second-order valence-corrected chi connectivity index (χ2v) is 8.21. The molecule has 2 N–H and O–H groups in total. The number of aromatic nitrogens is 1. The summed E-state index contributed by atoms with van der Waals surface area (Å²) < 4.78 is 0. The third-order valence-electron chi connectivity index (χ3n) is 4.31. The number of hydrogen-bond donors (Lipinski definition) is 2. The highest BCUT2D eigenvalue weighted by Gasteiger charge is 2.13. The Morgan fingerprint density at radius 3 is 2.80 bits per heavy atom. The van der Waals surface area contributed by atoms with Crippen LogP contribution in [-0.4, -0.2) is 24.6 Å². The summed E-state index contributed by atoms with van der Waals surface area (Å²) in [5.41, 5.74) is 5.17. The van der Waals surface area contributed by atoms with Crippen molar-refractivity contribution in [2.45, 2.75) is 27.2 Å². The minimum Gasteiger partial charge on any atom is -0.381 e. The lowest BCUT2D eigenvalue weighted by Crippen LogP contribution is -2.28. The first kappa shape index (κ1) is 18.0. The average molecular weight is 356 g/mol. The van der Waals surface area contributed by atoms with Gasteiger partial charge in [0.25, 0.3) is 0 Å². The Morgan fingerprint density at radius 2 is 2.00 bits per heavy atom. The Bertz CT molecular complexity index is 815. The maximum Gasteiger partial charge on any atom is 0.0737 e. The molecular weight excluding hydrogens is 330 g/mol. The molecule has 4 heteroatoms. The number of pyridine rings is 1. The van der Waals surface area contributed by atoms with E-state index in [4.69, 9.17) is 11.6 Å². The third kappa shape index (κ3) is 4.83. The molecule has 0 spiro atoms. The lowest BCUT2D eigenvalue weighted by Gasteiger charge is -2.19. The average Bonchev–Trinajstić information content (AvgIpc) is 2.98. The fourth-order valence-corrected chi connectivity index (χ4v) is 3.18. The second kappa shape index (κ2) is 7.59. The molecule has 0 saturated carbocycles. The molecule has 0 bridgehead atoms. The van der Waals surface area contributed by atoms with Gasteiger partial charge in [0.1, 0.15) is 0 Å². The van der Waals surface area contributed by atoms with Crippen LogP contribution in [0.5, 0.6) is 0 Å². The van der Waals surface area contributed by atoms with E-state index in [1.54, 1.807) is 0 Å². The van der Waals surface area contributed by atoms with Crippen molar-refractivity contribution in [3.63, 3.8) is 0 Å². The zero-order chi connectivity index (χ0) is 17.9. The number of rotatable bonds is 6. The van der Waals surface area contributed by atoms with E-state index >= 15 is 0 Å². The molecule has 0 unspecified atom stereocenters. The van der Waals surface area contributed by atoms with Gasteiger partial charge in [0.05, 0.1) is 5.52 Å². The van der Waals surface area contributed by atoms with E-state index in [2.05, 4.69) is 48.5 Å². The zero-order valence-electron chi connectivity index (χ0n) is 15.2. The van der Waals surface area contributed by atoms with E-state index in [1.807, 2.05) is 30.5 Å². The number of hydrogen-bond acceptors (Lipinski definition) is 3.